The number of fused-ring (bicyclic) bond motifs is 3. The van der Waals surface area contributed by atoms with Gasteiger partial charge in [-0.25, -0.2) is 9.97 Å². The fraction of sp³-hybridized carbons (Fsp3) is 0.0952. The van der Waals surface area contributed by atoms with Crippen LogP contribution in [0.4, 0.5) is 34.3 Å². The summed E-state index contributed by atoms with van der Waals surface area (Å²) in [4.78, 5) is 14.4. The molecule has 2 aromatic heterocycles. The molecule has 1 N–H and O–H groups in total. The number of hydrogen-bond donors (Lipinski definition) is 1. The molecule has 5 aromatic carbocycles. The van der Waals surface area contributed by atoms with Gasteiger partial charge < -0.3 is 10.0 Å². The van der Waals surface area contributed by atoms with Crippen molar-refractivity contribution in [3.8, 4) is 17.0 Å². The number of aromatic hydroxyl groups is 1. The van der Waals surface area contributed by atoms with Gasteiger partial charge in [-0.15, -0.1) is 0 Å². The van der Waals surface area contributed by atoms with E-state index < -0.39 is 0 Å². The SMILES string of the molecule is Cc1ccnc(N2c3ccccc3C(C)(C)c3ccc(-c4cc(N(c5ccccc5)c5ccccc5)c5cccc(O)c5n4)cc32)c1. The van der Waals surface area contributed by atoms with Crippen LogP contribution < -0.4 is 9.80 Å². The number of para-hydroxylation sites is 4. The molecule has 0 atom stereocenters. The van der Waals surface area contributed by atoms with Crippen LogP contribution in [0.5, 0.6) is 5.75 Å². The minimum absolute atomic E-state index is 0.144. The second-order valence-electron chi connectivity index (χ2n) is 12.6. The molecule has 8 rings (SSSR count). The number of phenolic OH excluding ortho intramolecular Hbond substituents is 1. The summed E-state index contributed by atoms with van der Waals surface area (Å²) in [6, 6.07) is 47.8. The van der Waals surface area contributed by atoms with Crippen LogP contribution in [0.15, 0.2) is 146 Å². The number of rotatable bonds is 5. The van der Waals surface area contributed by atoms with Gasteiger partial charge in [0.15, 0.2) is 0 Å². The van der Waals surface area contributed by atoms with Crippen molar-refractivity contribution < 1.29 is 5.11 Å². The molecule has 0 aliphatic carbocycles. The number of benzene rings is 5. The zero-order valence-corrected chi connectivity index (χ0v) is 26.6. The van der Waals surface area contributed by atoms with E-state index in [1.165, 1.54) is 11.1 Å². The van der Waals surface area contributed by atoms with E-state index in [-0.39, 0.29) is 11.2 Å². The standard InChI is InChI=1S/C42H34N4O/c1-28-23-24-43-40(25-28)46-36-19-11-10-18-33(36)42(2,3)34-22-21-29(26-38(34)46)35-27-37(32-17-12-20-39(47)41(32)44-35)45(30-13-6-4-7-14-30)31-15-8-5-9-16-31/h4-27,47H,1-3H3. The third-order valence-corrected chi connectivity index (χ3v) is 9.22. The maximum atomic E-state index is 11.2. The van der Waals surface area contributed by atoms with Crippen LogP contribution in [-0.2, 0) is 5.41 Å². The third-order valence-electron chi connectivity index (χ3n) is 9.22. The second kappa shape index (κ2) is 11.1. The first-order valence-electron chi connectivity index (χ1n) is 15.9. The maximum Gasteiger partial charge on any atom is 0.141 e. The van der Waals surface area contributed by atoms with Crippen LogP contribution in [0.25, 0.3) is 22.2 Å². The summed E-state index contributed by atoms with van der Waals surface area (Å²) in [6.45, 7) is 6.67. The predicted octanol–water partition coefficient (Wildman–Crippen LogP) is 10.9. The molecular weight excluding hydrogens is 576 g/mol. The molecule has 5 heteroatoms. The third kappa shape index (κ3) is 4.79. The normalized spacial score (nSPS) is 13.2. The first-order chi connectivity index (χ1) is 22.9. The molecule has 1 aliphatic rings. The van der Waals surface area contributed by atoms with Crippen LogP contribution in [0.1, 0.15) is 30.5 Å². The van der Waals surface area contributed by atoms with E-state index >= 15 is 0 Å². The molecule has 5 nitrogen and oxygen atoms in total. The summed E-state index contributed by atoms with van der Waals surface area (Å²) in [5.74, 6) is 1.01. The van der Waals surface area contributed by atoms with Crippen molar-refractivity contribution >= 4 is 45.2 Å². The highest BCUT2D eigenvalue weighted by molar-refractivity contribution is 6.01. The highest BCUT2D eigenvalue weighted by atomic mass is 16.3. The van der Waals surface area contributed by atoms with Crippen molar-refractivity contribution in [2.24, 2.45) is 0 Å². The Hall–Kier alpha value is -5.94. The average Bonchev–Trinajstić information content (AvgIpc) is 3.10. The predicted molar refractivity (Wildman–Crippen MR) is 193 cm³/mol. The van der Waals surface area contributed by atoms with Gasteiger partial charge in [-0.3, -0.25) is 4.90 Å². The summed E-state index contributed by atoms with van der Waals surface area (Å²) >= 11 is 0. The van der Waals surface area contributed by atoms with Crippen LogP contribution in [0.2, 0.25) is 0 Å². The van der Waals surface area contributed by atoms with E-state index in [9.17, 15) is 5.11 Å². The van der Waals surface area contributed by atoms with Gasteiger partial charge in [0.1, 0.15) is 17.1 Å². The van der Waals surface area contributed by atoms with Gasteiger partial charge in [0.25, 0.3) is 0 Å². The molecular formula is C42H34N4O. The molecule has 47 heavy (non-hydrogen) atoms. The van der Waals surface area contributed by atoms with Gasteiger partial charge in [0.05, 0.1) is 22.8 Å². The summed E-state index contributed by atoms with van der Waals surface area (Å²) in [7, 11) is 0. The number of anilines is 6. The van der Waals surface area contributed by atoms with Gasteiger partial charge in [0, 0.05) is 33.9 Å². The molecule has 7 aromatic rings. The molecule has 0 amide bonds. The molecule has 0 radical (unpaired) electrons. The van der Waals surface area contributed by atoms with Gasteiger partial charge in [0.2, 0.25) is 0 Å². The Balaban J connectivity index is 1.38. The second-order valence-corrected chi connectivity index (χ2v) is 12.6. The summed E-state index contributed by atoms with van der Waals surface area (Å²) in [6.07, 6.45) is 1.87. The van der Waals surface area contributed by atoms with Crippen LogP contribution >= 0.6 is 0 Å². The average molecular weight is 611 g/mol. The Morgan fingerprint density at radius 2 is 1.34 bits per heavy atom. The highest BCUT2D eigenvalue weighted by Gasteiger charge is 2.37. The number of nitrogens with zero attached hydrogens (tertiary/aromatic N) is 4. The Morgan fingerprint density at radius 1 is 0.660 bits per heavy atom. The highest BCUT2D eigenvalue weighted by Crippen LogP contribution is 2.52. The smallest absolute Gasteiger partial charge is 0.141 e. The van der Waals surface area contributed by atoms with Crippen molar-refractivity contribution in [1.29, 1.82) is 0 Å². The van der Waals surface area contributed by atoms with Crippen molar-refractivity contribution in [3.63, 3.8) is 0 Å². The van der Waals surface area contributed by atoms with Gasteiger partial charge in [-0.1, -0.05) is 92.7 Å². The summed E-state index contributed by atoms with van der Waals surface area (Å²) < 4.78 is 0. The monoisotopic (exact) mass is 610 g/mol. The lowest BCUT2D eigenvalue weighted by atomic mass is 9.73. The van der Waals surface area contributed by atoms with Gasteiger partial charge in [-0.2, -0.15) is 0 Å². The molecule has 3 heterocycles. The summed E-state index contributed by atoms with van der Waals surface area (Å²) in [5, 5.41) is 12.0. The van der Waals surface area contributed by atoms with Gasteiger partial charge in [-0.05, 0) is 84.3 Å². The quantitative estimate of drug-likeness (QED) is 0.210. The molecule has 0 unspecified atom stereocenters. The minimum atomic E-state index is -0.234. The van der Waals surface area contributed by atoms with Gasteiger partial charge >= 0.3 is 0 Å². The lowest BCUT2D eigenvalue weighted by molar-refractivity contribution is 0.480. The largest absolute Gasteiger partial charge is 0.506 e. The van der Waals surface area contributed by atoms with Crippen LogP contribution in [0, 0.1) is 6.92 Å². The van der Waals surface area contributed by atoms with Crippen molar-refractivity contribution in [2.45, 2.75) is 26.2 Å². The molecule has 0 saturated heterocycles. The molecule has 228 valence electrons. The lowest BCUT2D eigenvalue weighted by Gasteiger charge is -2.41. The molecule has 0 fully saturated rings. The molecule has 0 bridgehead atoms. The van der Waals surface area contributed by atoms with E-state index in [1.54, 1.807) is 6.07 Å². The van der Waals surface area contributed by atoms with Crippen LogP contribution in [-0.4, -0.2) is 15.1 Å². The van der Waals surface area contributed by atoms with E-state index in [4.69, 9.17) is 9.97 Å². The van der Waals surface area contributed by atoms with E-state index in [2.05, 4.69) is 109 Å². The minimum Gasteiger partial charge on any atom is -0.506 e. The van der Waals surface area contributed by atoms with Crippen molar-refractivity contribution in [2.75, 3.05) is 9.80 Å². The Kier molecular flexibility index (Phi) is 6.76. The Morgan fingerprint density at radius 3 is 2.06 bits per heavy atom. The van der Waals surface area contributed by atoms with Crippen LogP contribution in [0.3, 0.4) is 0 Å². The van der Waals surface area contributed by atoms with E-state index in [1.807, 2.05) is 60.8 Å². The fourth-order valence-electron chi connectivity index (χ4n) is 6.90. The first-order valence-corrected chi connectivity index (χ1v) is 15.9. The summed E-state index contributed by atoms with van der Waals surface area (Å²) in [5.41, 5.74) is 10.8. The Bertz CT molecular complexity index is 2220. The first kappa shape index (κ1) is 28.5. The lowest BCUT2D eigenvalue weighted by Crippen LogP contribution is -2.31. The number of pyridine rings is 2. The zero-order valence-electron chi connectivity index (χ0n) is 26.6. The number of phenols is 1. The number of aromatic nitrogens is 2. The zero-order chi connectivity index (χ0) is 32.1. The fourth-order valence-corrected chi connectivity index (χ4v) is 6.90. The van der Waals surface area contributed by atoms with Crippen molar-refractivity contribution in [3.05, 3.63) is 162 Å². The number of aryl methyl sites for hydroxylation is 1. The molecule has 1 aliphatic heterocycles. The maximum absolute atomic E-state index is 11.2. The molecule has 0 saturated carbocycles. The van der Waals surface area contributed by atoms with E-state index in [0.29, 0.717) is 5.52 Å². The molecule has 0 spiro atoms. The topological polar surface area (TPSA) is 52.5 Å². The van der Waals surface area contributed by atoms with E-state index in [0.717, 1.165) is 56.5 Å². The Labute approximate surface area is 275 Å². The van der Waals surface area contributed by atoms with Crippen molar-refractivity contribution in [1.82, 2.24) is 9.97 Å². The number of hydrogen-bond acceptors (Lipinski definition) is 5.